The van der Waals surface area contributed by atoms with Crippen LogP contribution in [0.3, 0.4) is 0 Å². The van der Waals surface area contributed by atoms with Gasteiger partial charge in [0.1, 0.15) is 6.07 Å². The molecule has 27 heavy (non-hydrogen) atoms. The van der Waals surface area contributed by atoms with Gasteiger partial charge in [0.15, 0.2) is 0 Å². The Kier molecular flexibility index (Phi) is 4.85. The highest BCUT2D eigenvalue weighted by Gasteiger charge is 2.61. The van der Waals surface area contributed by atoms with E-state index < -0.39 is 11.8 Å². The quantitative estimate of drug-likeness (QED) is 0.722. The Balaban J connectivity index is 1.63. The molecule has 1 atom stereocenters. The van der Waals surface area contributed by atoms with Crippen molar-refractivity contribution in [2.24, 2.45) is 17.3 Å². The zero-order valence-corrected chi connectivity index (χ0v) is 15.1. The molecule has 2 saturated carbocycles. The minimum atomic E-state index is -2.40. The van der Waals surface area contributed by atoms with E-state index in [-0.39, 0.29) is 36.6 Å². The molecule has 1 aromatic heterocycles. The summed E-state index contributed by atoms with van der Waals surface area (Å²) in [6.45, 7) is 0.396. The van der Waals surface area contributed by atoms with Crippen molar-refractivity contribution >= 4 is 5.91 Å². The third kappa shape index (κ3) is 3.43. The van der Waals surface area contributed by atoms with Crippen LogP contribution in [-0.2, 0) is 9.63 Å². The Morgan fingerprint density at radius 2 is 2.00 bits per heavy atom. The molecule has 3 fully saturated rings. The molecular weight excluding hydrogens is 352 g/mol. The van der Waals surface area contributed by atoms with Crippen molar-refractivity contribution in [3.8, 4) is 6.07 Å². The molecule has 0 N–H and O–H groups in total. The Hall–Kier alpha value is -2.07. The van der Waals surface area contributed by atoms with Crippen LogP contribution in [0.1, 0.15) is 62.1 Å². The monoisotopic (exact) mass is 375 g/mol. The molecule has 4 rings (SSSR count). The van der Waals surface area contributed by atoms with E-state index in [9.17, 15) is 13.6 Å². The summed E-state index contributed by atoms with van der Waals surface area (Å²) in [7, 11) is 0. The van der Waals surface area contributed by atoms with E-state index in [1.165, 1.54) is 11.3 Å². The molecule has 144 valence electrons. The Labute approximate surface area is 157 Å². The fraction of sp³-hybridized carbons (Fsp3) is 0.650. The van der Waals surface area contributed by atoms with Crippen molar-refractivity contribution in [2.75, 3.05) is 6.61 Å². The molecule has 1 amide bonds. The van der Waals surface area contributed by atoms with E-state index in [1.54, 1.807) is 12.3 Å². The summed E-state index contributed by atoms with van der Waals surface area (Å²) in [5.41, 5.74) is 0.466. The summed E-state index contributed by atoms with van der Waals surface area (Å²) in [5, 5.41) is 10.5. The second kappa shape index (κ2) is 7.16. The second-order valence-corrected chi connectivity index (χ2v) is 7.91. The maximum absolute atomic E-state index is 13.7. The smallest absolute Gasteiger partial charge is 0.253 e. The Morgan fingerprint density at radius 3 is 2.59 bits per heavy atom. The zero-order chi connectivity index (χ0) is 19.0. The highest BCUT2D eigenvalue weighted by atomic mass is 19.3. The van der Waals surface area contributed by atoms with Crippen LogP contribution >= 0.6 is 0 Å². The van der Waals surface area contributed by atoms with Crippen molar-refractivity contribution < 1.29 is 18.4 Å². The van der Waals surface area contributed by atoms with Crippen molar-refractivity contribution in [1.29, 1.82) is 5.26 Å². The predicted octanol–water partition coefficient (Wildman–Crippen LogP) is 4.01. The predicted molar refractivity (Wildman–Crippen MR) is 92.2 cm³/mol. The van der Waals surface area contributed by atoms with Gasteiger partial charge in [-0.15, -0.1) is 0 Å². The summed E-state index contributed by atoms with van der Waals surface area (Å²) >= 11 is 0. The largest absolute Gasteiger partial charge is 0.272 e. The minimum Gasteiger partial charge on any atom is -0.272 e. The van der Waals surface area contributed by atoms with Gasteiger partial charge < -0.3 is 0 Å². The first-order chi connectivity index (χ1) is 13.1. The fourth-order valence-corrected chi connectivity index (χ4v) is 4.62. The van der Waals surface area contributed by atoms with Crippen molar-refractivity contribution in [3.63, 3.8) is 0 Å². The number of aromatic nitrogens is 1. The van der Waals surface area contributed by atoms with Gasteiger partial charge in [-0.05, 0) is 55.6 Å². The van der Waals surface area contributed by atoms with Crippen LogP contribution in [-0.4, -0.2) is 29.0 Å². The van der Waals surface area contributed by atoms with E-state index in [4.69, 9.17) is 10.1 Å². The number of rotatable bonds is 7. The lowest BCUT2D eigenvalue weighted by Crippen LogP contribution is -2.46. The number of alkyl halides is 2. The number of hydroxylamine groups is 2. The summed E-state index contributed by atoms with van der Waals surface area (Å²) in [6, 6.07) is 3.47. The van der Waals surface area contributed by atoms with Crippen LogP contribution in [0.5, 0.6) is 0 Å². The van der Waals surface area contributed by atoms with Gasteiger partial charge in [-0.3, -0.25) is 14.6 Å². The molecule has 0 bridgehead atoms. The standard InChI is InChI=1S/C20H23F2N3O2/c21-18(22)5-7-20(15-1-2-15,16-3-4-16)19(26)25-17(6-8-27-25)14-9-13(10-23)11-24-12-14/h9,11-12,15-18H,1-8H2/t17-/m0/s1. The number of carbonyl (C=O) groups excluding carboxylic acids is 1. The lowest BCUT2D eigenvalue weighted by molar-refractivity contribution is -0.192. The van der Waals surface area contributed by atoms with Crippen LogP contribution in [0.25, 0.3) is 0 Å². The van der Waals surface area contributed by atoms with E-state index in [1.807, 2.05) is 0 Å². The van der Waals surface area contributed by atoms with Gasteiger partial charge >= 0.3 is 0 Å². The molecule has 7 heteroatoms. The molecule has 0 radical (unpaired) electrons. The van der Waals surface area contributed by atoms with Crippen molar-refractivity contribution in [2.45, 2.75) is 57.4 Å². The molecule has 0 aromatic carbocycles. The molecule has 0 spiro atoms. The lowest BCUT2D eigenvalue weighted by Gasteiger charge is -2.38. The molecule has 2 aliphatic carbocycles. The number of nitrogens with zero attached hydrogens (tertiary/aromatic N) is 3. The number of amides is 1. The number of hydrogen-bond donors (Lipinski definition) is 0. The Bertz CT molecular complexity index is 744. The number of carbonyl (C=O) groups is 1. The maximum atomic E-state index is 13.7. The van der Waals surface area contributed by atoms with E-state index in [0.29, 0.717) is 18.6 Å². The van der Waals surface area contributed by atoms with E-state index in [2.05, 4.69) is 11.1 Å². The average molecular weight is 375 g/mol. The van der Waals surface area contributed by atoms with Crippen LogP contribution in [0.4, 0.5) is 8.78 Å². The number of hydrogen-bond acceptors (Lipinski definition) is 4. The molecule has 0 unspecified atom stereocenters. The van der Waals surface area contributed by atoms with E-state index >= 15 is 0 Å². The molecule has 3 aliphatic rings. The molecular formula is C20H23F2N3O2. The minimum absolute atomic E-state index is 0.141. The van der Waals surface area contributed by atoms with Gasteiger partial charge in [0, 0.05) is 25.2 Å². The first-order valence-corrected chi connectivity index (χ1v) is 9.66. The van der Waals surface area contributed by atoms with Gasteiger partial charge in [-0.25, -0.2) is 13.8 Å². The average Bonchev–Trinajstić information content (AvgIpc) is 3.61. The summed E-state index contributed by atoms with van der Waals surface area (Å²) in [5.74, 6) is 0.229. The summed E-state index contributed by atoms with van der Waals surface area (Å²) < 4.78 is 26.0. The third-order valence-electron chi connectivity index (χ3n) is 6.16. The van der Waals surface area contributed by atoms with Crippen LogP contribution in [0, 0.1) is 28.6 Å². The summed E-state index contributed by atoms with van der Waals surface area (Å²) in [6.07, 6.45) is 5.02. The maximum Gasteiger partial charge on any atom is 0.253 e. The van der Waals surface area contributed by atoms with Crippen molar-refractivity contribution in [3.05, 3.63) is 29.6 Å². The highest BCUT2D eigenvalue weighted by molar-refractivity contribution is 5.84. The normalized spacial score (nSPS) is 22.9. The third-order valence-corrected chi connectivity index (χ3v) is 6.16. The van der Waals surface area contributed by atoms with Crippen LogP contribution in [0.2, 0.25) is 0 Å². The lowest BCUT2D eigenvalue weighted by atomic mass is 9.72. The zero-order valence-electron chi connectivity index (χ0n) is 15.1. The molecule has 1 saturated heterocycles. The second-order valence-electron chi connectivity index (χ2n) is 7.91. The molecule has 2 heterocycles. The Morgan fingerprint density at radius 1 is 1.30 bits per heavy atom. The summed E-state index contributed by atoms with van der Waals surface area (Å²) in [4.78, 5) is 23.5. The first-order valence-electron chi connectivity index (χ1n) is 9.66. The van der Waals surface area contributed by atoms with Gasteiger partial charge in [-0.2, -0.15) is 5.26 Å². The van der Waals surface area contributed by atoms with Crippen LogP contribution < -0.4 is 0 Å². The molecule has 1 aliphatic heterocycles. The fourth-order valence-electron chi connectivity index (χ4n) is 4.62. The van der Waals surface area contributed by atoms with Gasteiger partial charge in [0.2, 0.25) is 6.43 Å². The van der Waals surface area contributed by atoms with E-state index in [0.717, 1.165) is 31.2 Å². The molecule has 1 aromatic rings. The first kappa shape index (κ1) is 18.3. The van der Waals surface area contributed by atoms with Crippen molar-refractivity contribution in [1.82, 2.24) is 10.0 Å². The van der Waals surface area contributed by atoms with Gasteiger partial charge in [0.05, 0.1) is 23.6 Å². The molecule has 5 nitrogen and oxygen atoms in total. The SMILES string of the molecule is N#Cc1cncc([C@@H]2CCON2C(=O)C(CCC(F)F)(C2CC2)C2CC2)c1. The highest BCUT2D eigenvalue weighted by Crippen LogP contribution is 2.62. The number of nitriles is 1. The topological polar surface area (TPSA) is 66.2 Å². The van der Waals surface area contributed by atoms with Gasteiger partial charge in [-0.1, -0.05) is 0 Å². The van der Waals surface area contributed by atoms with Gasteiger partial charge in [0.25, 0.3) is 5.91 Å². The number of pyridine rings is 1. The van der Waals surface area contributed by atoms with Crippen LogP contribution in [0.15, 0.2) is 18.5 Å². The number of halogens is 2.